The molecule has 0 N–H and O–H groups in total. The van der Waals surface area contributed by atoms with Crippen LogP contribution >= 0.6 is 0 Å². The summed E-state index contributed by atoms with van der Waals surface area (Å²) in [5.74, 6) is -0.553. The second-order valence-electron chi connectivity index (χ2n) is 4.15. The molecular weight excluding hydrogens is 228 g/mol. The predicted molar refractivity (Wildman–Crippen MR) is 66.6 cm³/mol. The van der Waals surface area contributed by atoms with E-state index in [1.807, 2.05) is 6.92 Å². The van der Waals surface area contributed by atoms with Crippen LogP contribution < -0.4 is 4.90 Å². The molecule has 0 unspecified atom stereocenters. The van der Waals surface area contributed by atoms with E-state index in [2.05, 4.69) is 4.98 Å². The van der Waals surface area contributed by atoms with Crippen molar-refractivity contribution in [2.75, 3.05) is 4.90 Å². The van der Waals surface area contributed by atoms with E-state index < -0.39 is 0 Å². The fraction of sp³-hybridized carbons (Fsp3) is 0.0714. The average Bonchev–Trinajstić information content (AvgIpc) is 2.63. The number of hydrogen-bond acceptors (Lipinski definition) is 3. The zero-order valence-corrected chi connectivity index (χ0v) is 9.75. The van der Waals surface area contributed by atoms with Gasteiger partial charge in [0.2, 0.25) is 0 Å². The largest absolute Gasteiger partial charge is 0.268 e. The van der Waals surface area contributed by atoms with Crippen molar-refractivity contribution < 1.29 is 9.59 Å². The highest BCUT2D eigenvalue weighted by atomic mass is 16.2. The molecule has 0 saturated carbocycles. The molecule has 1 aliphatic heterocycles. The number of aryl methyl sites for hydroxylation is 1. The lowest BCUT2D eigenvalue weighted by Gasteiger charge is -2.13. The minimum atomic E-state index is -0.277. The molecule has 0 spiro atoms. The molecule has 0 saturated heterocycles. The Labute approximate surface area is 104 Å². The minimum absolute atomic E-state index is 0.277. The zero-order valence-electron chi connectivity index (χ0n) is 9.75. The Balaban J connectivity index is 2.12. The SMILES string of the molecule is Cc1cc(N2C(=O)c3ccccc3C2=O)ccn1. The minimum Gasteiger partial charge on any atom is -0.268 e. The number of anilines is 1. The molecule has 18 heavy (non-hydrogen) atoms. The zero-order chi connectivity index (χ0) is 12.7. The van der Waals surface area contributed by atoms with Crippen molar-refractivity contribution in [2.45, 2.75) is 6.92 Å². The monoisotopic (exact) mass is 238 g/mol. The van der Waals surface area contributed by atoms with Crippen molar-refractivity contribution in [3.8, 4) is 0 Å². The molecule has 0 bridgehead atoms. The van der Waals surface area contributed by atoms with Gasteiger partial charge in [0.15, 0.2) is 0 Å². The molecule has 0 aliphatic carbocycles. The number of rotatable bonds is 1. The Hall–Kier alpha value is -2.49. The van der Waals surface area contributed by atoms with Gasteiger partial charge in [-0.15, -0.1) is 0 Å². The van der Waals surface area contributed by atoms with Crippen LogP contribution in [0.5, 0.6) is 0 Å². The van der Waals surface area contributed by atoms with Crippen LogP contribution in [0, 0.1) is 6.92 Å². The normalized spacial score (nSPS) is 13.9. The van der Waals surface area contributed by atoms with Crippen LogP contribution in [0.2, 0.25) is 0 Å². The summed E-state index contributed by atoms with van der Waals surface area (Å²) < 4.78 is 0. The smallest absolute Gasteiger partial charge is 0.266 e. The number of imide groups is 1. The maximum absolute atomic E-state index is 12.2. The highest BCUT2D eigenvalue weighted by Gasteiger charge is 2.36. The maximum atomic E-state index is 12.2. The van der Waals surface area contributed by atoms with Crippen LogP contribution in [0.1, 0.15) is 26.4 Å². The summed E-state index contributed by atoms with van der Waals surface area (Å²) in [6, 6.07) is 10.2. The molecule has 3 rings (SSSR count). The summed E-state index contributed by atoms with van der Waals surface area (Å²) in [6.45, 7) is 1.82. The van der Waals surface area contributed by atoms with Gasteiger partial charge in [-0.3, -0.25) is 14.6 Å². The first-order valence-electron chi connectivity index (χ1n) is 5.59. The molecule has 88 valence electrons. The highest BCUT2D eigenvalue weighted by molar-refractivity contribution is 6.34. The van der Waals surface area contributed by atoms with Crippen LogP contribution in [-0.4, -0.2) is 16.8 Å². The van der Waals surface area contributed by atoms with Crippen LogP contribution in [0.15, 0.2) is 42.6 Å². The van der Waals surface area contributed by atoms with Gasteiger partial charge in [0.25, 0.3) is 11.8 Å². The van der Waals surface area contributed by atoms with E-state index in [-0.39, 0.29) is 11.8 Å². The summed E-state index contributed by atoms with van der Waals surface area (Å²) >= 11 is 0. The Morgan fingerprint density at radius 3 is 2.17 bits per heavy atom. The number of benzene rings is 1. The lowest BCUT2D eigenvalue weighted by atomic mass is 10.1. The number of carbonyl (C=O) groups is 2. The van der Waals surface area contributed by atoms with Gasteiger partial charge < -0.3 is 0 Å². The third-order valence-corrected chi connectivity index (χ3v) is 2.93. The fourth-order valence-corrected chi connectivity index (χ4v) is 2.09. The van der Waals surface area contributed by atoms with E-state index in [1.54, 1.807) is 42.6 Å². The van der Waals surface area contributed by atoms with E-state index >= 15 is 0 Å². The van der Waals surface area contributed by atoms with Crippen molar-refractivity contribution in [1.29, 1.82) is 0 Å². The van der Waals surface area contributed by atoms with E-state index in [1.165, 1.54) is 4.90 Å². The van der Waals surface area contributed by atoms with Gasteiger partial charge in [-0.2, -0.15) is 0 Å². The second kappa shape index (κ2) is 3.77. The van der Waals surface area contributed by atoms with Gasteiger partial charge in [0, 0.05) is 11.9 Å². The summed E-state index contributed by atoms with van der Waals surface area (Å²) in [7, 11) is 0. The molecule has 2 aromatic rings. The predicted octanol–water partition coefficient (Wildman–Crippen LogP) is 2.19. The van der Waals surface area contributed by atoms with Crippen LogP contribution in [0.4, 0.5) is 5.69 Å². The van der Waals surface area contributed by atoms with Gasteiger partial charge in [0.1, 0.15) is 0 Å². The lowest BCUT2D eigenvalue weighted by Crippen LogP contribution is -2.29. The molecule has 4 heteroatoms. The van der Waals surface area contributed by atoms with E-state index in [4.69, 9.17) is 0 Å². The number of amides is 2. The Morgan fingerprint density at radius 2 is 1.61 bits per heavy atom. The van der Waals surface area contributed by atoms with Gasteiger partial charge in [-0.25, -0.2) is 4.90 Å². The van der Waals surface area contributed by atoms with Crippen molar-refractivity contribution in [2.24, 2.45) is 0 Å². The summed E-state index contributed by atoms with van der Waals surface area (Å²) in [5, 5.41) is 0. The van der Waals surface area contributed by atoms with Crippen molar-refractivity contribution in [3.63, 3.8) is 0 Å². The molecule has 1 aliphatic rings. The van der Waals surface area contributed by atoms with Crippen LogP contribution in [-0.2, 0) is 0 Å². The summed E-state index contributed by atoms with van der Waals surface area (Å²) in [5.41, 5.74) is 2.24. The van der Waals surface area contributed by atoms with E-state index in [0.717, 1.165) is 5.69 Å². The van der Waals surface area contributed by atoms with Gasteiger partial charge in [-0.1, -0.05) is 12.1 Å². The Morgan fingerprint density at radius 1 is 1.00 bits per heavy atom. The number of pyridine rings is 1. The van der Waals surface area contributed by atoms with Crippen molar-refractivity contribution >= 4 is 17.5 Å². The molecule has 0 radical (unpaired) electrons. The summed E-state index contributed by atoms with van der Waals surface area (Å²) in [4.78, 5) is 29.7. The Bertz CT molecular complexity index is 629. The van der Waals surface area contributed by atoms with Crippen LogP contribution in [0.3, 0.4) is 0 Å². The number of hydrogen-bond donors (Lipinski definition) is 0. The molecular formula is C14H10N2O2. The van der Waals surface area contributed by atoms with E-state index in [0.29, 0.717) is 16.8 Å². The maximum Gasteiger partial charge on any atom is 0.266 e. The molecule has 0 fully saturated rings. The van der Waals surface area contributed by atoms with Crippen molar-refractivity contribution in [3.05, 3.63) is 59.4 Å². The van der Waals surface area contributed by atoms with Gasteiger partial charge >= 0.3 is 0 Å². The average molecular weight is 238 g/mol. The number of aromatic nitrogens is 1. The molecule has 1 aromatic carbocycles. The first-order valence-corrected chi connectivity index (χ1v) is 5.59. The number of nitrogens with zero attached hydrogens (tertiary/aromatic N) is 2. The lowest BCUT2D eigenvalue weighted by molar-refractivity contribution is 0.0926. The second-order valence-corrected chi connectivity index (χ2v) is 4.15. The van der Waals surface area contributed by atoms with Crippen molar-refractivity contribution in [1.82, 2.24) is 4.98 Å². The standard InChI is InChI=1S/C14H10N2O2/c1-9-8-10(6-7-15-9)16-13(17)11-4-2-3-5-12(11)14(16)18/h2-8H,1H3. The number of carbonyl (C=O) groups excluding carboxylic acids is 2. The molecule has 4 nitrogen and oxygen atoms in total. The molecule has 2 heterocycles. The fourth-order valence-electron chi connectivity index (χ4n) is 2.09. The first-order chi connectivity index (χ1) is 8.68. The first kappa shape index (κ1) is 10.7. The molecule has 0 atom stereocenters. The molecule has 2 amide bonds. The number of fused-ring (bicyclic) bond motifs is 1. The molecule has 1 aromatic heterocycles. The van der Waals surface area contributed by atoms with Gasteiger partial charge in [-0.05, 0) is 31.2 Å². The van der Waals surface area contributed by atoms with Crippen LogP contribution in [0.25, 0.3) is 0 Å². The van der Waals surface area contributed by atoms with E-state index in [9.17, 15) is 9.59 Å². The third-order valence-electron chi connectivity index (χ3n) is 2.93. The third kappa shape index (κ3) is 1.43. The van der Waals surface area contributed by atoms with Gasteiger partial charge in [0.05, 0.1) is 16.8 Å². The topological polar surface area (TPSA) is 50.3 Å². The summed E-state index contributed by atoms with van der Waals surface area (Å²) in [6.07, 6.45) is 1.59. The Kier molecular flexibility index (Phi) is 2.23. The highest BCUT2D eigenvalue weighted by Crippen LogP contribution is 2.27. The quantitative estimate of drug-likeness (QED) is 0.715.